The van der Waals surface area contributed by atoms with Gasteiger partial charge in [0.25, 0.3) is 0 Å². The number of para-hydroxylation sites is 1. The molecule has 1 N–H and O–H groups in total. The maximum Gasteiger partial charge on any atom is 0.0638 e. The van der Waals surface area contributed by atoms with Crippen molar-refractivity contribution in [1.82, 2.24) is 4.98 Å². The molecule has 0 radical (unpaired) electrons. The zero-order valence-electron chi connectivity index (χ0n) is 19.9. The van der Waals surface area contributed by atoms with Crippen LogP contribution in [-0.4, -0.2) is 17.2 Å². The van der Waals surface area contributed by atoms with E-state index in [1.807, 2.05) is 0 Å². The molecule has 0 fully saturated rings. The van der Waals surface area contributed by atoms with Gasteiger partial charge in [0.1, 0.15) is 0 Å². The van der Waals surface area contributed by atoms with E-state index in [2.05, 4.69) is 84.8 Å². The van der Waals surface area contributed by atoms with Crippen LogP contribution in [-0.2, 0) is 6.42 Å². The third-order valence-corrected chi connectivity index (χ3v) is 6.01. The van der Waals surface area contributed by atoms with Crippen molar-refractivity contribution in [1.29, 1.82) is 0 Å². The van der Waals surface area contributed by atoms with Crippen LogP contribution in [0, 0.1) is 0 Å². The first-order valence-corrected chi connectivity index (χ1v) is 12.6. The van der Waals surface area contributed by atoms with E-state index in [0.717, 1.165) is 51.5 Å². The maximum absolute atomic E-state index is 4.82. The van der Waals surface area contributed by atoms with E-state index < -0.39 is 0 Å². The Hall–Kier alpha value is -2.61. The fourth-order valence-corrected chi connectivity index (χ4v) is 4.24. The van der Waals surface area contributed by atoms with Crippen LogP contribution >= 0.6 is 0 Å². The van der Waals surface area contributed by atoms with Gasteiger partial charge in [-0.05, 0) is 69.4 Å². The van der Waals surface area contributed by atoms with Gasteiger partial charge in [-0.1, -0.05) is 86.6 Å². The molecular weight excluding hydrogens is 388 g/mol. The van der Waals surface area contributed by atoms with Crippen LogP contribution in [0.4, 0.5) is 0 Å². The minimum absolute atomic E-state index is 0.925. The molecule has 0 spiro atoms. The third-order valence-electron chi connectivity index (χ3n) is 6.01. The summed E-state index contributed by atoms with van der Waals surface area (Å²) in [5.74, 6) is 0. The predicted molar refractivity (Wildman–Crippen MR) is 142 cm³/mol. The molecule has 32 heavy (non-hydrogen) atoms. The molecule has 3 rings (SSSR count). The highest BCUT2D eigenvalue weighted by atomic mass is 14.8. The van der Waals surface area contributed by atoms with Crippen LogP contribution < -0.4 is 0 Å². The van der Waals surface area contributed by atoms with Gasteiger partial charge in [0.05, 0.1) is 11.4 Å². The molecule has 0 bridgehead atoms. The zero-order valence-corrected chi connectivity index (χ0v) is 19.9. The Kier molecular flexibility index (Phi) is 10.9. The Morgan fingerprint density at radius 3 is 2.19 bits per heavy atom. The molecule has 0 unspecified atom stereocenters. The number of nitrogens with one attached hydrogen (secondary N) is 1. The average Bonchev–Trinajstić information content (AvgIpc) is 3.20. The van der Waals surface area contributed by atoms with Crippen LogP contribution in [0.2, 0.25) is 0 Å². The first kappa shape index (κ1) is 24.0. The molecule has 1 aliphatic heterocycles. The first-order chi connectivity index (χ1) is 15.9. The third kappa shape index (κ3) is 7.82. The number of H-pyrrole nitrogens is 1. The summed E-state index contributed by atoms with van der Waals surface area (Å²) < 4.78 is 0. The van der Waals surface area contributed by atoms with E-state index >= 15 is 0 Å². The quantitative estimate of drug-likeness (QED) is 0.230. The van der Waals surface area contributed by atoms with Gasteiger partial charge in [0, 0.05) is 17.4 Å². The summed E-state index contributed by atoms with van der Waals surface area (Å²) in [6, 6.07) is 8.63. The Morgan fingerprint density at radius 2 is 1.47 bits per heavy atom. The number of aromatic amines is 1. The van der Waals surface area contributed by atoms with E-state index in [4.69, 9.17) is 4.99 Å². The van der Waals surface area contributed by atoms with Crippen molar-refractivity contribution in [2.75, 3.05) is 6.54 Å². The van der Waals surface area contributed by atoms with Crippen LogP contribution in [0.15, 0.2) is 77.9 Å². The number of aromatic nitrogens is 1. The number of allylic oxidation sites excluding steroid dienone is 8. The highest BCUT2D eigenvalue weighted by molar-refractivity contribution is 6.06. The van der Waals surface area contributed by atoms with Crippen molar-refractivity contribution >= 4 is 16.6 Å². The number of rotatable bonds is 14. The van der Waals surface area contributed by atoms with Crippen molar-refractivity contribution in [3.63, 3.8) is 0 Å². The highest BCUT2D eigenvalue weighted by Crippen LogP contribution is 2.27. The number of unbranched alkanes of at least 4 members (excludes halogenated alkanes) is 4. The molecule has 1 aromatic heterocycles. The van der Waals surface area contributed by atoms with Crippen molar-refractivity contribution < 1.29 is 0 Å². The summed E-state index contributed by atoms with van der Waals surface area (Å²) in [6.07, 6.45) is 31.0. The molecule has 1 aromatic carbocycles. The molecule has 170 valence electrons. The highest BCUT2D eigenvalue weighted by Gasteiger charge is 2.18. The maximum atomic E-state index is 4.82. The van der Waals surface area contributed by atoms with Crippen molar-refractivity contribution in [3.8, 4) is 0 Å². The Balaban J connectivity index is 1.27. The first-order valence-electron chi connectivity index (χ1n) is 12.6. The largest absolute Gasteiger partial charge is 0.353 e. The minimum atomic E-state index is 0.925. The molecule has 0 amide bonds. The lowest BCUT2D eigenvalue weighted by atomic mass is 9.99. The molecule has 2 nitrogen and oxygen atoms in total. The standard InChI is InChI=1S/C30H40N2/c1-2-3-4-5-6-7-8-9-10-11-12-13-14-15-16-17-18-23-29-30-27(24-25-31-29)26-21-19-20-22-28(26)32-30/h6-7,9-10,12-13,15-16,19-22,32H,2-5,8,11,14,17-18,23-25H2,1H3/b7-6-,10-9-,13-12-,16-15-. The minimum Gasteiger partial charge on any atom is -0.353 e. The second-order valence-electron chi connectivity index (χ2n) is 8.58. The van der Waals surface area contributed by atoms with E-state index in [1.165, 1.54) is 53.6 Å². The molecule has 1 aliphatic rings. The molecule has 2 heteroatoms. The molecule has 2 heterocycles. The Labute approximate surface area is 194 Å². The second-order valence-corrected chi connectivity index (χ2v) is 8.58. The lowest BCUT2D eigenvalue weighted by molar-refractivity contribution is 0.728. The number of hydrogen-bond donors (Lipinski definition) is 1. The SMILES string of the molecule is CCCCC/C=C\C/C=C\C/C=C\C/C=C\CCCC1=NCCc2c1[nH]c1ccccc21. The normalized spacial score (nSPS) is 14.5. The van der Waals surface area contributed by atoms with E-state index in [9.17, 15) is 0 Å². The van der Waals surface area contributed by atoms with Gasteiger partial charge in [-0.15, -0.1) is 0 Å². The Bertz CT molecular complexity index is 952. The summed E-state index contributed by atoms with van der Waals surface area (Å²) in [4.78, 5) is 8.42. The summed E-state index contributed by atoms with van der Waals surface area (Å²) in [5.41, 5.74) is 5.25. The summed E-state index contributed by atoms with van der Waals surface area (Å²) in [7, 11) is 0. The molecule has 0 saturated heterocycles. The van der Waals surface area contributed by atoms with Gasteiger partial charge < -0.3 is 4.98 Å². The fourth-order valence-electron chi connectivity index (χ4n) is 4.24. The Morgan fingerprint density at radius 1 is 0.812 bits per heavy atom. The van der Waals surface area contributed by atoms with E-state index in [1.54, 1.807) is 0 Å². The van der Waals surface area contributed by atoms with Crippen LogP contribution in [0.3, 0.4) is 0 Å². The summed E-state index contributed by atoms with van der Waals surface area (Å²) in [6.45, 7) is 3.18. The van der Waals surface area contributed by atoms with Crippen molar-refractivity contribution in [3.05, 3.63) is 84.1 Å². The lowest BCUT2D eigenvalue weighted by Gasteiger charge is -2.13. The van der Waals surface area contributed by atoms with Crippen LogP contribution in [0.5, 0.6) is 0 Å². The number of benzene rings is 1. The monoisotopic (exact) mass is 428 g/mol. The van der Waals surface area contributed by atoms with Gasteiger partial charge in [-0.3, -0.25) is 4.99 Å². The van der Waals surface area contributed by atoms with E-state index in [0.29, 0.717) is 0 Å². The van der Waals surface area contributed by atoms with E-state index in [-0.39, 0.29) is 0 Å². The predicted octanol–water partition coefficient (Wildman–Crippen LogP) is 8.66. The number of hydrogen-bond acceptors (Lipinski definition) is 1. The van der Waals surface area contributed by atoms with Gasteiger partial charge in [-0.25, -0.2) is 0 Å². The number of fused-ring (bicyclic) bond motifs is 3. The summed E-state index contributed by atoms with van der Waals surface area (Å²) in [5, 5.41) is 1.37. The smallest absolute Gasteiger partial charge is 0.0638 e. The lowest BCUT2D eigenvalue weighted by Crippen LogP contribution is -2.12. The zero-order chi connectivity index (χ0) is 22.3. The topological polar surface area (TPSA) is 28.1 Å². The van der Waals surface area contributed by atoms with Gasteiger partial charge >= 0.3 is 0 Å². The average molecular weight is 429 g/mol. The van der Waals surface area contributed by atoms with Gasteiger partial charge in [0.15, 0.2) is 0 Å². The molecule has 0 aliphatic carbocycles. The van der Waals surface area contributed by atoms with Gasteiger partial charge in [-0.2, -0.15) is 0 Å². The second kappa shape index (κ2) is 14.5. The molecule has 0 atom stereocenters. The molecule has 0 saturated carbocycles. The van der Waals surface area contributed by atoms with Crippen molar-refractivity contribution in [2.24, 2.45) is 4.99 Å². The molecule has 2 aromatic rings. The summed E-state index contributed by atoms with van der Waals surface area (Å²) >= 11 is 0. The van der Waals surface area contributed by atoms with Gasteiger partial charge in [0.2, 0.25) is 0 Å². The van der Waals surface area contributed by atoms with Crippen LogP contribution in [0.1, 0.15) is 82.4 Å². The fraction of sp³-hybridized carbons (Fsp3) is 0.433. The van der Waals surface area contributed by atoms with Crippen molar-refractivity contribution in [2.45, 2.75) is 77.6 Å². The number of aliphatic imine (C=N–C) groups is 1. The molecular formula is C30H40N2. The van der Waals surface area contributed by atoms with Crippen LogP contribution in [0.25, 0.3) is 10.9 Å². The number of nitrogens with zero attached hydrogens (tertiary/aromatic N) is 1.